The van der Waals surface area contributed by atoms with Crippen molar-refractivity contribution in [3.8, 4) is 0 Å². The standard InChI is InChI=1S/C14H18N2S/c1-3-11-8-9-17-14(11)13(16-15)12-7-5-4-6-10(12)2/h4-9,13,16H,3,15H2,1-2H3. The van der Waals surface area contributed by atoms with Gasteiger partial charge in [0.2, 0.25) is 0 Å². The number of hydrogen-bond acceptors (Lipinski definition) is 3. The Hall–Kier alpha value is -1.16. The Morgan fingerprint density at radius 2 is 2.06 bits per heavy atom. The molecule has 0 aliphatic rings. The molecule has 1 aromatic heterocycles. The van der Waals surface area contributed by atoms with Gasteiger partial charge in [-0.05, 0) is 41.5 Å². The predicted molar refractivity (Wildman–Crippen MR) is 74.0 cm³/mol. The molecule has 0 bridgehead atoms. The van der Waals surface area contributed by atoms with Crippen LogP contribution in [0.3, 0.4) is 0 Å². The van der Waals surface area contributed by atoms with E-state index in [4.69, 9.17) is 5.84 Å². The SMILES string of the molecule is CCc1ccsc1C(NN)c1ccccc1C. The molecule has 2 nitrogen and oxygen atoms in total. The molecule has 0 aliphatic heterocycles. The highest BCUT2D eigenvalue weighted by Gasteiger charge is 2.18. The molecule has 0 fully saturated rings. The van der Waals surface area contributed by atoms with Gasteiger partial charge in [0.05, 0.1) is 6.04 Å². The van der Waals surface area contributed by atoms with Gasteiger partial charge >= 0.3 is 0 Å². The summed E-state index contributed by atoms with van der Waals surface area (Å²) in [4.78, 5) is 1.32. The van der Waals surface area contributed by atoms with Crippen LogP contribution in [0, 0.1) is 6.92 Å². The highest BCUT2D eigenvalue weighted by atomic mass is 32.1. The van der Waals surface area contributed by atoms with Crippen molar-refractivity contribution in [3.05, 3.63) is 57.3 Å². The number of nitrogens with two attached hydrogens (primary N) is 1. The van der Waals surface area contributed by atoms with E-state index in [1.165, 1.54) is 21.6 Å². The second kappa shape index (κ2) is 5.45. The third kappa shape index (κ3) is 2.41. The molecule has 3 N–H and O–H groups in total. The first kappa shape index (κ1) is 12.3. The first-order chi connectivity index (χ1) is 8.27. The van der Waals surface area contributed by atoms with E-state index in [0.29, 0.717) is 0 Å². The summed E-state index contributed by atoms with van der Waals surface area (Å²) in [5.41, 5.74) is 6.85. The number of hydrazine groups is 1. The number of thiophene rings is 1. The molecular formula is C14H18N2S. The van der Waals surface area contributed by atoms with Gasteiger partial charge in [-0.2, -0.15) is 0 Å². The Balaban J connectivity index is 2.44. The minimum absolute atomic E-state index is 0.103. The monoisotopic (exact) mass is 246 g/mol. The molecule has 2 rings (SSSR count). The summed E-state index contributed by atoms with van der Waals surface area (Å²) in [6.45, 7) is 4.30. The van der Waals surface area contributed by atoms with Crippen LogP contribution in [0.15, 0.2) is 35.7 Å². The molecule has 3 heteroatoms. The number of aryl methyl sites for hydroxylation is 2. The van der Waals surface area contributed by atoms with Gasteiger partial charge in [0.25, 0.3) is 0 Å². The Kier molecular flexibility index (Phi) is 3.94. The fraction of sp³-hybridized carbons (Fsp3) is 0.286. The summed E-state index contributed by atoms with van der Waals surface area (Å²) in [5, 5.41) is 2.14. The lowest BCUT2D eigenvalue weighted by molar-refractivity contribution is 0.638. The smallest absolute Gasteiger partial charge is 0.0807 e. The van der Waals surface area contributed by atoms with Crippen LogP contribution in [0.25, 0.3) is 0 Å². The minimum atomic E-state index is 0.103. The van der Waals surface area contributed by atoms with Crippen LogP contribution in [0.4, 0.5) is 0 Å². The van der Waals surface area contributed by atoms with E-state index in [2.05, 4.69) is 55.0 Å². The third-order valence-electron chi connectivity index (χ3n) is 3.09. The van der Waals surface area contributed by atoms with Gasteiger partial charge in [-0.15, -0.1) is 11.3 Å². The zero-order valence-corrected chi connectivity index (χ0v) is 11.1. The highest BCUT2D eigenvalue weighted by molar-refractivity contribution is 7.10. The fourth-order valence-electron chi connectivity index (χ4n) is 2.11. The summed E-state index contributed by atoms with van der Waals surface area (Å²) >= 11 is 1.77. The Bertz CT molecular complexity index is 490. The summed E-state index contributed by atoms with van der Waals surface area (Å²) in [6, 6.07) is 10.7. The van der Waals surface area contributed by atoms with E-state index >= 15 is 0 Å². The van der Waals surface area contributed by atoms with Crippen molar-refractivity contribution in [2.75, 3.05) is 0 Å². The van der Waals surface area contributed by atoms with Crippen molar-refractivity contribution >= 4 is 11.3 Å². The second-order valence-corrected chi connectivity index (χ2v) is 5.07. The molecule has 2 aromatic rings. The molecule has 0 aliphatic carbocycles. The summed E-state index contributed by atoms with van der Waals surface area (Å²) in [6.07, 6.45) is 1.04. The molecular weight excluding hydrogens is 228 g/mol. The fourth-order valence-corrected chi connectivity index (χ4v) is 3.18. The van der Waals surface area contributed by atoms with Crippen LogP contribution < -0.4 is 11.3 Å². The molecule has 0 amide bonds. The van der Waals surface area contributed by atoms with Crippen molar-refractivity contribution in [1.82, 2.24) is 5.43 Å². The summed E-state index contributed by atoms with van der Waals surface area (Å²) in [7, 11) is 0. The van der Waals surface area contributed by atoms with Crippen molar-refractivity contribution in [1.29, 1.82) is 0 Å². The Morgan fingerprint density at radius 1 is 1.29 bits per heavy atom. The van der Waals surface area contributed by atoms with Crippen LogP contribution in [-0.2, 0) is 6.42 Å². The summed E-state index contributed by atoms with van der Waals surface area (Å²) < 4.78 is 0. The van der Waals surface area contributed by atoms with Gasteiger partial charge in [-0.25, -0.2) is 5.43 Å². The number of nitrogens with one attached hydrogen (secondary N) is 1. The molecule has 0 spiro atoms. The van der Waals surface area contributed by atoms with Crippen LogP contribution in [-0.4, -0.2) is 0 Å². The number of hydrogen-bond donors (Lipinski definition) is 2. The average molecular weight is 246 g/mol. The molecule has 0 radical (unpaired) electrons. The number of rotatable bonds is 4. The topological polar surface area (TPSA) is 38.0 Å². The van der Waals surface area contributed by atoms with Gasteiger partial charge in [-0.3, -0.25) is 5.84 Å². The molecule has 17 heavy (non-hydrogen) atoms. The van der Waals surface area contributed by atoms with Gasteiger partial charge in [0.15, 0.2) is 0 Å². The predicted octanol–water partition coefficient (Wildman–Crippen LogP) is 3.17. The quantitative estimate of drug-likeness (QED) is 0.642. The second-order valence-electron chi connectivity index (χ2n) is 4.12. The highest BCUT2D eigenvalue weighted by Crippen LogP contribution is 2.31. The lowest BCUT2D eigenvalue weighted by Gasteiger charge is -2.18. The van der Waals surface area contributed by atoms with Gasteiger partial charge < -0.3 is 0 Å². The van der Waals surface area contributed by atoms with Crippen LogP contribution >= 0.6 is 11.3 Å². The van der Waals surface area contributed by atoms with Gasteiger partial charge in [0, 0.05) is 4.88 Å². The maximum Gasteiger partial charge on any atom is 0.0807 e. The van der Waals surface area contributed by atoms with Crippen molar-refractivity contribution in [2.45, 2.75) is 26.3 Å². The maximum absolute atomic E-state index is 5.75. The van der Waals surface area contributed by atoms with Crippen molar-refractivity contribution in [3.63, 3.8) is 0 Å². The van der Waals surface area contributed by atoms with E-state index < -0.39 is 0 Å². The molecule has 1 heterocycles. The molecule has 1 atom stereocenters. The average Bonchev–Trinajstić information content (AvgIpc) is 2.81. The van der Waals surface area contributed by atoms with E-state index in [0.717, 1.165) is 6.42 Å². The maximum atomic E-state index is 5.75. The van der Waals surface area contributed by atoms with Crippen LogP contribution in [0.5, 0.6) is 0 Å². The lowest BCUT2D eigenvalue weighted by atomic mass is 9.98. The van der Waals surface area contributed by atoms with Crippen molar-refractivity contribution in [2.24, 2.45) is 5.84 Å². The lowest BCUT2D eigenvalue weighted by Crippen LogP contribution is -2.29. The van der Waals surface area contributed by atoms with Gasteiger partial charge in [0.1, 0.15) is 0 Å². The van der Waals surface area contributed by atoms with Crippen molar-refractivity contribution < 1.29 is 0 Å². The molecule has 0 saturated carbocycles. The van der Waals surface area contributed by atoms with Crippen LogP contribution in [0.1, 0.15) is 34.5 Å². The van der Waals surface area contributed by atoms with Gasteiger partial charge in [-0.1, -0.05) is 31.2 Å². The Morgan fingerprint density at radius 3 is 2.71 bits per heavy atom. The first-order valence-corrected chi connectivity index (χ1v) is 6.73. The third-order valence-corrected chi connectivity index (χ3v) is 4.11. The van der Waals surface area contributed by atoms with E-state index in [-0.39, 0.29) is 6.04 Å². The van der Waals surface area contributed by atoms with E-state index in [9.17, 15) is 0 Å². The zero-order valence-electron chi connectivity index (χ0n) is 10.2. The Labute approximate surface area is 106 Å². The normalized spacial score (nSPS) is 12.6. The first-order valence-electron chi connectivity index (χ1n) is 5.85. The molecule has 1 aromatic carbocycles. The number of benzene rings is 1. The summed E-state index contributed by atoms with van der Waals surface area (Å²) in [5.74, 6) is 5.75. The molecule has 90 valence electrons. The largest absolute Gasteiger partial charge is 0.271 e. The molecule has 0 saturated heterocycles. The minimum Gasteiger partial charge on any atom is -0.271 e. The molecule has 1 unspecified atom stereocenters. The van der Waals surface area contributed by atoms with Crippen LogP contribution in [0.2, 0.25) is 0 Å². The van der Waals surface area contributed by atoms with E-state index in [1.807, 2.05) is 0 Å². The zero-order chi connectivity index (χ0) is 12.3. The van der Waals surface area contributed by atoms with E-state index in [1.54, 1.807) is 11.3 Å².